The molecule has 0 saturated heterocycles. The Morgan fingerprint density at radius 2 is 1.57 bits per heavy atom. The third kappa shape index (κ3) is 5.06. The van der Waals surface area contributed by atoms with Gasteiger partial charge in [0.1, 0.15) is 5.54 Å². The van der Waals surface area contributed by atoms with Crippen LogP contribution in [0.25, 0.3) is 0 Å². The Kier molecular flexibility index (Phi) is 6.70. The van der Waals surface area contributed by atoms with Crippen molar-refractivity contribution in [2.75, 3.05) is 19.8 Å². The lowest BCUT2D eigenvalue weighted by molar-refractivity contribution is 0.0928. The normalized spacial score (nSPS) is 10.6. The third-order valence-electron chi connectivity index (χ3n) is 2.88. The Bertz CT molecular complexity index is 564. The van der Waals surface area contributed by atoms with E-state index in [4.69, 9.17) is 19.5 Å². The zero-order valence-corrected chi connectivity index (χ0v) is 14.4. The summed E-state index contributed by atoms with van der Waals surface area (Å²) in [4.78, 5) is 12.4. The molecule has 0 aliphatic carbocycles. The maximum atomic E-state index is 12.4. The molecule has 6 nitrogen and oxygen atoms in total. The molecule has 0 aliphatic rings. The summed E-state index contributed by atoms with van der Waals surface area (Å²) in [6, 6.07) is 5.23. The smallest absolute Gasteiger partial charge is 0.252 e. The van der Waals surface area contributed by atoms with E-state index < -0.39 is 5.54 Å². The number of benzene rings is 1. The number of carbonyl (C=O) groups excluding carboxylic acids is 1. The molecule has 0 saturated carbocycles. The molecule has 1 aromatic rings. The highest BCUT2D eigenvalue weighted by atomic mass is 16.5. The molecular weight excluding hydrogens is 296 g/mol. The van der Waals surface area contributed by atoms with Gasteiger partial charge < -0.3 is 19.5 Å². The fraction of sp³-hybridized carbons (Fsp3) is 0.529. The van der Waals surface area contributed by atoms with Crippen molar-refractivity contribution >= 4 is 5.91 Å². The lowest BCUT2D eigenvalue weighted by atomic mass is 10.1. The second kappa shape index (κ2) is 8.28. The summed E-state index contributed by atoms with van der Waals surface area (Å²) in [5.41, 5.74) is -0.614. The number of hydrogen-bond acceptors (Lipinski definition) is 5. The van der Waals surface area contributed by atoms with Gasteiger partial charge in [-0.2, -0.15) is 5.26 Å². The van der Waals surface area contributed by atoms with Gasteiger partial charge in [-0.05, 0) is 46.8 Å². The highest BCUT2D eigenvalue weighted by Crippen LogP contribution is 2.39. The van der Waals surface area contributed by atoms with Crippen molar-refractivity contribution in [1.82, 2.24) is 5.32 Å². The van der Waals surface area contributed by atoms with Gasteiger partial charge in [0, 0.05) is 5.56 Å². The van der Waals surface area contributed by atoms with E-state index in [-0.39, 0.29) is 5.91 Å². The van der Waals surface area contributed by atoms with Crippen LogP contribution in [0.5, 0.6) is 17.2 Å². The average Bonchev–Trinajstić information content (AvgIpc) is 2.50. The Balaban J connectivity index is 3.28. The van der Waals surface area contributed by atoms with E-state index in [0.717, 1.165) is 0 Å². The fourth-order valence-corrected chi connectivity index (χ4v) is 1.90. The van der Waals surface area contributed by atoms with Crippen LogP contribution in [0.2, 0.25) is 0 Å². The molecule has 23 heavy (non-hydrogen) atoms. The molecule has 0 atom stereocenters. The third-order valence-corrected chi connectivity index (χ3v) is 2.88. The largest absolute Gasteiger partial charge is 0.490 e. The van der Waals surface area contributed by atoms with Gasteiger partial charge >= 0.3 is 0 Å². The van der Waals surface area contributed by atoms with Crippen molar-refractivity contribution < 1.29 is 19.0 Å². The number of nitrogens with zero attached hydrogens (tertiary/aromatic N) is 1. The molecule has 0 fully saturated rings. The molecule has 6 heteroatoms. The van der Waals surface area contributed by atoms with Gasteiger partial charge in [0.25, 0.3) is 5.91 Å². The topological polar surface area (TPSA) is 80.6 Å². The zero-order valence-electron chi connectivity index (χ0n) is 14.4. The number of ether oxygens (including phenoxy) is 3. The Labute approximate surface area is 137 Å². The van der Waals surface area contributed by atoms with Crippen molar-refractivity contribution in [3.63, 3.8) is 0 Å². The van der Waals surface area contributed by atoms with E-state index >= 15 is 0 Å². The Morgan fingerprint density at radius 1 is 1.09 bits per heavy atom. The van der Waals surface area contributed by atoms with Gasteiger partial charge in [-0.3, -0.25) is 4.79 Å². The fourth-order valence-electron chi connectivity index (χ4n) is 1.90. The summed E-state index contributed by atoms with van der Waals surface area (Å²) >= 11 is 0. The summed E-state index contributed by atoms with van der Waals surface area (Å²) in [5.74, 6) is 0.995. The molecule has 0 spiro atoms. The summed E-state index contributed by atoms with van der Waals surface area (Å²) in [7, 11) is 0. The summed E-state index contributed by atoms with van der Waals surface area (Å²) < 4.78 is 16.7. The summed E-state index contributed by atoms with van der Waals surface area (Å²) in [6.45, 7) is 10.1. The molecule has 0 bridgehead atoms. The SMILES string of the molecule is CCOc1cc(C(=O)NC(C)(C)C#N)cc(OCC)c1OCC. The van der Waals surface area contributed by atoms with Crippen LogP contribution in [0, 0.1) is 11.3 Å². The van der Waals surface area contributed by atoms with E-state index in [1.165, 1.54) is 0 Å². The molecule has 0 aromatic heterocycles. The van der Waals surface area contributed by atoms with Gasteiger partial charge in [-0.1, -0.05) is 0 Å². The molecule has 126 valence electrons. The first-order valence-electron chi connectivity index (χ1n) is 7.68. The van der Waals surface area contributed by atoms with Gasteiger partial charge in [0.2, 0.25) is 5.75 Å². The van der Waals surface area contributed by atoms with Crippen molar-refractivity contribution in [2.45, 2.75) is 40.2 Å². The van der Waals surface area contributed by atoms with Crippen LogP contribution in [0.15, 0.2) is 12.1 Å². The van der Waals surface area contributed by atoms with Crippen LogP contribution in [-0.4, -0.2) is 31.3 Å². The number of nitriles is 1. The maximum absolute atomic E-state index is 12.4. The first kappa shape index (κ1) is 18.6. The van der Waals surface area contributed by atoms with Gasteiger partial charge in [0.15, 0.2) is 11.5 Å². The zero-order chi connectivity index (χ0) is 17.5. The molecule has 0 aliphatic heterocycles. The minimum Gasteiger partial charge on any atom is -0.490 e. The van der Waals surface area contributed by atoms with Crippen LogP contribution in [-0.2, 0) is 0 Å². The van der Waals surface area contributed by atoms with E-state index in [2.05, 4.69) is 5.32 Å². The number of hydrogen-bond donors (Lipinski definition) is 1. The van der Waals surface area contributed by atoms with Crippen LogP contribution in [0.1, 0.15) is 45.0 Å². The predicted molar refractivity (Wildman–Crippen MR) is 87.1 cm³/mol. The van der Waals surface area contributed by atoms with E-state index in [9.17, 15) is 4.79 Å². The molecule has 1 rings (SSSR count). The minimum atomic E-state index is -0.965. The first-order valence-corrected chi connectivity index (χ1v) is 7.68. The predicted octanol–water partition coefficient (Wildman–Crippen LogP) is 2.91. The Morgan fingerprint density at radius 3 is 1.96 bits per heavy atom. The molecule has 1 aromatic carbocycles. The highest BCUT2D eigenvalue weighted by molar-refractivity contribution is 5.96. The summed E-state index contributed by atoms with van der Waals surface area (Å²) in [6.07, 6.45) is 0. The standard InChI is InChI=1S/C17H24N2O4/c1-6-21-13-9-12(16(20)19-17(4,5)11-18)10-14(22-7-2)15(13)23-8-3/h9-10H,6-8H2,1-5H3,(H,19,20). The van der Waals surface area contributed by atoms with Crippen molar-refractivity contribution in [3.8, 4) is 23.3 Å². The maximum Gasteiger partial charge on any atom is 0.252 e. The Hall–Kier alpha value is -2.42. The van der Waals surface area contributed by atoms with Gasteiger partial charge in [-0.15, -0.1) is 0 Å². The van der Waals surface area contributed by atoms with Crippen LogP contribution in [0.3, 0.4) is 0 Å². The van der Waals surface area contributed by atoms with Crippen LogP contribution < -0.4 is 19.5 Å². The number of nitrogens with one attached hydrogen (secondary N) is 1. The number of amides is 1. The second-order valence-electron chi connectivity index (χ2n) is 5.29. The monoisotopic (exact) mass is 320 g/mol. The molecule has 1 amide bonds. The first-order chi connectivity index (χ1) is 10.9. The van der Waals surface area contributed by atoms with Crippen LogP contribution in [0.4, 0.5) is 0 Å². The molecular formula is C17H24N2O4. The molecule has 0 radical (unpaired) electrons. The van der Waals surface area contributed by atoms with Crippen molar-refractivity contribution in [1.29, 1.82) is 5.26 Å². The second-order valence-corrected chi connectivity index (χ2v) is 5.29. The summed E-state index contributed by atoms with van der Waals surface area (Å²) in [5, 5.41) is 11.7. The van der Waals surface area contributed by atoms with Gasteiger partial charge in [0.05, 0.1) is 25.9 Å². The molecule has 0 heterocycles. The van der Waals surface area contributed by atoms with Gasteiger partial charge in [-0.25, -0.2) is 0 Å². The number of carbonyl (C=O) groups is 1. The quantitative estimate of drug-likeness (QED) is 0.796. The van der Waals surface area contributed by atoms with Crippen molar-refractivity contribution in [2.24, 2.45) is 0 Å². The average molecular weight is 320 g/mol. The molecule has 0 unspecified atom stereocenters. The minimum absolute atomic E-state index is 0.351. The lowest BCUT2D eigenvalue weighted by Crippen LogP contribution is -2.42. The van der Waals surface area contributed by atoms with E-state index in [1.54, 1.807) is 26.0 Å². The van der Waals surface area contributed by atoms with Crippen molar-refractivity contribution in [3.05, 3.63) is 17.7 Å². The molecule has 1 N–H and O–H groups in total. The highest BCUT2D eigenvalue weighted by Gasteiger charge is 2.23. The van der Waals surface area contributed by atoms with E-state index in [1.807, 2.05) is 26.8 Å². The number of rotatable bonds is 8. The lowest BCUT2D eigenvalue weighted by Gasteiger charge is -2.20. The van der Waals surface area contributed by atoms with E-state index in [0.29, 0.717) is 42.6 Å². The van der Waals surface area contributed by atoms with Crippen LogP contribution >= 0.6 is 0 Å².